The summed E-state index contributed by atoms with van der Waals surface area (Å²) >= 11 is 0. The zero-order chi connectivity index (χ0) is 25.0. The lowest BCUT2D eigenvalue weighted by Gasteiger charge is -2.18. The third kappa shape index (κ3) is 6.01. The number of hydrogen-bond acceptors (Lipinski definition) is 6. The van der Waals surface area contributed by atoms with Crippen molar-refractivity contribution in [2.75, 3.05) is 13.7 Å². The molecule has 0 fully saturated rings. The fraction of sp³-hybridized carbons (Fsp3) is 0.346. The van der Waals surface area contributed by atoms with Crippen molar-refractivity contribution in [1.82, 2.24) is 4.98 Å². The molecule has 180 valence electrons. The summed E-state index contributed by atoms with van der Waals surface area (Å²) in [6.07, 6.45) is 1.17. The first-order chi connectivity index (χ1) is 16.0. The average molecular weight is 470 g/mol. The van der Waals surface area contributed by atoms with Gasteiger partial charge in [0, 0.05) is 11.0 Å². The van der Waals surface area contributed by atoms with Gasteiger partial charge in [-0.25, -0.2) is 9.37 Å². The van der Waals surface area contributed by atoms with E-state index in [2.05, 4.69) is 4.98 Å². The first kappa shape index (κ1) is 25.0. The monoisotopic (exact) mass is 469 g/mol. The average Bonchev–Trinajstić information content (AvgIpc) is 3.20. The van der Waals surface area contributed by atoms with Gasteiger partial charge < -0.3 is 19.0 Å². The number of rotatable bonds is 9. The standard InChI is InChI=1S/C26H28FNO6/c1-15-13-28-25(34-15)21(12-24(30)31)17-8-16(9-18(27)10-17)20-11-19(6-7-22(20)32-5)33-14-23(29)26(2,3)4/h6-11,13,21H,12,14H2,1-5H3,(H,30,31). The maximum absolute atomic E-state index is 14.7. The number of benzene rings is 2. The second-order valence-electron chi connectivity index (χ2n) is 9.06. The molecule has 0 amide bonds. The van der Waals surface area contributed by atoms with Gasteiger partial charge in [0.15, 0.2) is 5.78 Å². The first-order valence-corrected chi connectivity index (χ1v) is 10.8. The Morgan fingerprint density at radius 2 is 1.91 bits per heavy atom. The number of carbonyl (C=O) groups is 2. The number of oxazole rings is 1. The van der Waals surface area contributed by atoms with Gasteiger partial charge in [-0.15, -0.1) is 0 Å². The zero-order valence-electron chi connectivity index (χ0n) is 19.8. The Kier molecular flexibility index (Phi) is 7.39. The summed E-state index contributed by atoms with van der Waals surface area (Å²) in [5, 5.41) is 9.42. The van der Waals surface area contributed by atoms with Crippen molar-refractivity contribution in [2.45, 2.75) is 40.0 Å². The largest absolute Gasteiger partial charge is 0.496 e. The highest BCUT2D eigenvalue weighted by molar-refractivity contribution is 5.85. The normalized spacial score (nSPS) is 12.3. The van der Waals surface area contributed by atoms with Gasteiger partial charge in [-0.3, -0.25) is 9.59 Å². The molecule has 0 saturated heterocycles. The molecule has 1 atom stereocenters. The van der Waals surface area contributed by atoms with Gasteiger partial charge >= 0.3 is 5.97 Å². The highest BCUT2D eigenvalue weighted by Crippen LogP contribution is 2.37. The Hall–Kier alpha value is -3.68. The smallest absolute Gasteiger partial charge is 0.304 e. The van der Waals surface area contributed by atoms with Gasteiger partial charge in [-0.1, -0.05) is 20.8 Å². The number of nitrogens with zero attached hydrogens (tertiary/aromatic N) is 1. The minimum Gasteiger partial charge on any atom is -0.496 e. The Morgan fingerprint density at radius 1 is 1.18 bits per heavy atom. The van der Waals surface area contributed by atoms with Crippen molar-refractivity contribution in [3.8, 4) is 22.6 Å². The molecule has 1 unspecified atom stereocenters. The van der Waals surface area contributed by atoms with Gasteiger partial charge in [0.05, 0.1) is 25.6 Å². The molecule has 0 aliphatic carbocycles. The van der Waals surface area contributed by atoms with Crippen molar-refractivity contribution in [3.63, 3.8) is 0 Å². The number of aliphatic carboxylic acids is 1. The molecule has 0 aliphatic heterocycles. The van der Waals surface area contributed by atoms with E-state index < -0.39 is 23.1 Å². The second kappa shape index (κ2) is 10.1. The van der Waals surface area contributed by atoms with Crippen LogP contribution < -0.4 is 9.47 Å². The predicted octanol–water partition coefficient (Wildman–Crippen LogP) is 5.40. The van der Waals surface area contributed by atoms with Crippen LogP contribution in [-0.4, -0.2) is 35.6 Å². The Balaban J connectivity index is 2.02. The van der Waals surface area contributed by atoms with Gasteiger partial charge in [0.25, 0.3) is 0 Å². The minimum atomic E-state index is -1.07. The van der Waals surface area contributed by atoms with Crippen molar-refractivity contribution < 1.29 is 33.0 Å². The van der Waals surface area contributed by atoms with E-state index in [1.54, 1.807) is 31.2 Å². The quantitative estimate of drug-likeness (QED) is 0.448. The van der Waals surface area contributed by atoms with Crippen molar-refractivity contribution >= 4 is 11.8 Å². The molecular weight excluding hydrogens is 441 g/mol. The number of Topliss-reactive ketones (excluding diaryl/α,β-unsaturated/α-hetero) is 1. The van der Waals surface area contributed by atoms with Crippen LogP contribution in [0.3, 0.4) is 0 Å². The lowest BCUT2D eigenvalue weighted by atomic mass is 9.91. The first-order valence-electron chi connectivity index (χ1n) is 10.8. The summed E-state index contributed by atoms with van der Waals surface area (Å²) in [4.78, 5) is 27.9. The molecule has 1 heterocycles. The zero-order valence-corrected chi connectivity index (χ0v) is 19.8. The maximum Gasteiger partial charge on any atom is 0.304 e. The SMILES string of the molecule is COc1ccc(OCC(=O)C(C)(C)C)cc1-c1cc(F)cc(C(CC(=O)O)c2ncc(C)o2)c1. The molecule has 0 bridgehead atoms. The van der Waals surface area contributed by atoms with E-state index in [9.17, 15) is 19.1 Å². The summed E-state index contributed by atoms with van der Waals surface area (Å²) in [5.41, 5.74) is 0.847. The van der Waals surface area contributed by atoms with Crippen LogP contribution in [0.15, 0.2) is 47.0 Å². The van der Waals surface area contributed by atoms with Gasteiger partial charge in [-0.05, 0) is 54.4 Å². The van der Waals surface area contributed by atoms with E-state index in [0.29, 0.717) is 33.9 Å². The number of carbonyl (C=O) groups excluding carboxylic acids is 1. The number of methoxy groups -OCH3 is 1. The lowest BCUT2D eigenvalue weighted by Crippen LogP contribution is -2.26. The van der Waals surface area contributed by atoms with Crippen molar-refractivity contribution in [3.05, 3.63) is 65.6 Å². The summed E-state index contributed by atoms with van der Waals surface area (Å²) < 4.78 is 31.4. The molecule has 3 aromatic rings. The maximum atomic E-state index is 14.7. The van der Waals surface area contributed by atoms with Gasteiger partial charge in [0.1, 0.15) is 29.7 Å². The number of hydrogen-bond donors (Lipinski definition) is 1. The molecule has 1 aromatic heterocycles. The summed E-state index contributed by atoms with van der Waals surface area (Å²) in [6.45, 7) is 7.04. The molecular formula is C26H28FNO6. The van der Waals surface area contributed by atoms with Crippen LogP contribution in [0.25, 0.3) is 11.1 Å². The highest BCUT2D eigenvalue weighted by Gasteiger charge is 2.25. The summed E-state index contributed by atoms with van der Waals surface area (Å²) in [6, 6.07) is 9.27. The molecule has 2 aromatic carbocycles. The van der Waals surface area contributed by atoms with E-state index >= 15 is 0 Å². The molecule has 3 rings (SSSR count). The molecule has 34 heavy (non-hydrogen) atoms. The molecule has 0 aliphatic rings. The Morgan fingerprint density at radius 3 is 2.50 bits per heavy atom. The van der Waals surface area contributed by atoms with Crippen molar-refractivity contribution in [2.24, 2.45) is 5.41 Å². The molecule has 0 radical (unpaired) electrons. The number of ether oxygens (including phenoxy) is 2. The number of ketones is 1. The van der Waals surface area contributed by atoms with Crippen LogP contribution in [0.4, 0.5) is 4.39 Å². The van der Waals surface area contributed by atoms with Crippen LogP contribution in [0.1, 0.15) is 50.3 Å². The molecule has 1 N–H and O–H groups in total. The van der Waals surface area contributed by atoms with E-state index in [-0.39, 0.29) is 24.7 Å². The van der Waals surface area contributed by atoms with Crippen LogP contribution in [0.2, 0.25) is 0 Å². The Bertz CT molecular complexity index is 1190. The van der Waals surface area contributed by atoms with Crippen LogP contribution in [0.5, 0.6) is 11.5 Å². The molecule has 7 nitrogen and oxygen atoms in total. The molecule has 0 spiro atoms. The fourth-order valence-electron chi connectivity index (χ4n) is 3.39. The minimum absolute atomic E-state index is 0.0596. The van der Waals surface area contributed by atoms with Crippen LogP contribution in [0, 0.1) is 18.2 Å². The molecule has 0 saturated carbocycles. The third-order valence-corrected chi connectivity index (χ3v) is 5.33. The Labute approximate surface area is 197 Å². The van der Waals surface area contributed by atoms with Crippen LogP contribution in [-0.2, 0) is 9.59 Å². The van der Waals surface area contributed by atoms with E-state index in [0.717, 1.165) is 0 Å². The predicted molar refractivity (Wildman–Crippen MR) is 124 cm³/mol. The van der Waals surface area contributed by atoms with Gasteiger partial charge in [0.2, 0.25) is 5.89 Å². The molecule has 8 heteroatoms. The lowest BCUT2D eigenvalue weighted by molar-refractivity contribution is -0.137. The topological polar surface area (TPSA) is 98.9 Å². The second-order valence-corrected chi connectivity index (χ2v) is 9.06. The summed E-state index contributed by atoms with van der Waals surface area (Å²) in [7, 11) is 1.49. The van der Waals surface area contributed by atoms with E-state index in [4.69, 9.17) is 13.9 Å². The van der Waals surface area contributed by atoms with Crippen molar-refractivity contribution in [1.29, 1.82) is 0 Å². The van der Waals surface area contributed by atoms with Gasteiger partial charge in [-0.2, -0.15) is 0 Å². The number of aromatic nitrogens is 1. The number of aryl methyl sites for hydroxylation is 1. The van der Waals surface area contributed by atoms with E-state index in [1.165, 1.54) is 25.4 Å². The summed E-state index contributed by atoms with van der Waals surface area (Å²) in [5.74, 6) is -0.853. The number of carboxylic acid groups (broad SMARTS) is 1. The third-order valence-electron chi connectivity index (χ3n) is 5.33. The van der Waals surface area contributed by atoms with Crippen LogP contribution >= 0.6 is 0 Å². The number of halogens is 1. The highest BCUT2D eigenvalue weighted by atomic mass is 19.1. The van der Waals surface area contributed by atoms with E-state index in [1.807, 2.05) is 20.8 Å². The fourth-order valence-corrected chi connectivity index (χ4v) is 3.39. The number of carboxylic acids is 1.